The zero-order valence-corrected chi connectivity index (χ0v) is 20.2. The minimum absolute atomic E-state index is 0.00105. The predicted molar refractivity (Wildman–Crippen MR) is 139 cm³/mol. The van der Waals surface area contributed by atoms with E-state index < -0.39 is 0 Å². The number of rotatable bonds is 3. The Morgan fingerprint density at radius 2 is 1.81 bits per heavy atom. The summed E-state index contributed by atoms with van der Waals surface area (Å²) in [6.07, 6.45) is 10.9. The van der Waals surface area contributed by atoms with Gasteiger partial charge >= 0.3 is 6.09 Å². The molecule has 0 spiro atoms. The Kier molecular flexibility index (Phi) is 5.07. The Morgan fingerprint density at radius 3 is 2.54 bits per heavy atom. The normalized spacial score (nSPS) is 20.2. The third-order valence-electron chi connectivity index (χ3n) is 8.03. The molecule has 4 heterocycles. The molecule has 1 fully saturated rings. The summed E-state index contributed by atoms with van der Waals surface area (Å²) in [5.41, 5.74) is 8.06. The second kappa shape index (κ2) is 8.59. The lowest BCUT2D eigenvalue weighted by molar-refractivity contribution is 0.0539. The highest BCUT2D eigenvalue weighted by Gasteiger charge is 2.39. The fourth-order valence-electron chi connectivity index (χ4n) is 6.32. The van der Waals surface area contributed by atoms with Gasteiger partial charge in [-0.2, -0.15) is 10.4 Å². The van der Waals surface area contributed by atoms with Crippen LogP contribution in [0.1, 0.15) is 53.9 Å². The van der Waals surface area contributed by atoms with Crippen molar-refractivity contribution in [3.05, 3.63) is 95.5 Å². The summed E-state index contributed by atoms with van der Waals surface area (Å²) >= 11 is 0. The molecular formula is C30H25N5O2. The van der Waals surface area contributed by atoms with E-state index in [-0.39, 0.29) is 24.1 Å². The van der Waals surface area contributed by atoms with Crippen LogP contribution in [0.2, 0.25) is 0 Å². The molecule has 4 aromatic rings. The van der Waals surface area contributed by atoms with Crippen LogP contribution in [-0.2, 0) is 4.74 Å². The first-order chi connectivity index (χ1) is 18.2. The number of amides is 1. The van der Waals surface area contributed by atoms with Gasteiger partial charge in [-0.05, 0) is 53.5 Å². The second-order valence-electron chi connectivity index (χ2n) is 10.0. The number of ether oxygens (including phenoxy) is 1. The summed E-state index contributed by atoms with van der Waals surface area (Å²) in [5.74, 6) is 0.0530. The van der Waals surface area contributed by atoms with E-state index in [0.717, 1.165) is 31.2 Å². The maximum atomic E-state index is 13.5. The molecule has 1 aliphatic carbocycles. The van der Waals surface area contributed by atoms with Crippen molar-refractivity contribution >= 4 is 17.3 Å². The molecule has 37 heavy (non-hydrogen) atoms. The van der Waals surface area contributed by atoms with Crippen LogP contribution >= 0.6 is 0 Å². The minimum atomic E-state index is -0.230. The van der Waals surface area contributed by atoms with Crippen molar-refractivity contribution in [1.82, 2.24) is 19.5 Å². The van der Waals surface area contributed by atoms with Gasteiger partial charge in [0.05, 0.1) is 12.2 Å². The van der Waals surface area contributed by atoms with Gasteiger partial charge in [0.1, 0.15) is 18.2 Å². The molecule has 2 bridgehead atoms. The van der Waals surface area contributed by atoms with Crippen molar-refractivity contribution in [2.45, 2.75) is 43.7 Å². The highest BCUT2D eigenvalue weighted by atomic mass is 16.6. The predicted octanol–water partition coefficient (Wildman–Crippen LogP) is 5.56. The first-order valence-electron chi connectivity index (χ1n) is 12.8. The van der Waals surface area contributed by atoms with Crippen LogP contribution in [0.4, 0.5) is 4.79 Å². The van der Waals surface area contributed by atoms with Crippen molar-refractivity contribution in [3.8, 4) is 17.2 Å². The molecule has 7 nitrogen and oxygen atoms in total. The van der Waals surface area contributed by atoms with E-state index >= 15 is 0 Å². The summed E-state index contributed by atoms with van der Waals surface area (Å²) in [5, 5.41) is 13.5. The SMILES string of the molecule is N#Cc1cnn2cc(C3=CC4CCCC(C3)N4C(=O)OCC3c4ccccc4-c4ccccc43)cnc12. The standard InChI is InChI=1S/C30H25N5O2/c31-14-20-16-33-34-17-21(15-32-29(20)34)19-12-22-6-5-7-23(13-19)35(22)30(36)37-18-28-26-10-3-1-8-24(26)25-9-2-4-11-27(25)28/h1-4,8-12,15-17,22-23,28H,5-7,13,18H2. The highest BCUT2D eigenvalue weighted by Crippen LogP contribution is 2.45. The third kappa shape index (κ3) is 3.52. The van der Waals surface area contributed by atoms with E-state index in [1.54, 1.807) is 4.52 Å². The fraction of sp³-hybridized carbons (Fsp3) is 0.267. The van der Waals surface area contributed by atoms with E-state index in [9.17, 15) is 10.1 Å². The van der Waals surface area contributed by atoms with Crippen molar-refractivity contribution in [1.29, 1.82) is 5.26 Å². The maximum absolute atomic E-state index is 13.5. The number of carbonyl (C=O) groups is 1. The molecule has 2 aliphatic heterocycles. The molecule has 3 aliphatic rings. The van der Waals surface area contributed by atoms with E-state index in [1.807, 2.05) is 17.3 Å². The molecule has 2 atom stereocenters. The Balaban J connectivity index is 1.12. The van der Waals surface area contributed by atoms with Gasteiger partial charge in [-0.25, -0.2) is 14.3 Å². The highest BCUT2D eigenvalue weighted by molar-refractivity contribution is 5.79. The Hall–Kier alpha value is -4.44. The van der Waals surface area contributed by atoms with Gasteiger partial charge in [0.2, 0.25) is 0 Å². The van der Waals surface area contributed by atoms with Gasteiger partial charge in [-0.3, -0.25) is 4.90 Å². The van der Waals surface area contributed by atoms with Crippen LogP contribution in [0, 0.1) is 11.3 Å². The zero-order valence-electron chi connectivity index (χ0n) is 20.2. The maximum Gasteiger partial charge on any atom is 0.410 e. The number of nitrogens with zero attached hydrogens (tertiary/aromatic N) is 5. The number of hydrogen-bond acceptors (Lipinski definition) is 5. The molecule has 0 saturated carbocycles. The van der Waals surface area contributed by atoms with E-state index in [4.69, 9.17) is 4.74 Å². The minimum Gasteiger partial charge on any atom is -0.448 e. The lowest BCUT2D eigenvalue weighted by Crippen LogP contribution is -2.51. The summed E-state index contributed by atoms with van der Waals surface area (Å²) in [7, 11) is 0. The molecule has 182 valence electrons. The monoisotopic (exact) mass is 487 g/mol. The largest absolute Gasteiger partial charge is 0.448 e. The van der Waals surface area contributed by atoms with Crippen LogP contribution in [0.15, 0.2) is 73.2 Å². The molecule has 2 aromatic carbocycles. The van der Waals surface area contributed by atoms with E-state index in [0.29, 0.717) is 17.8 Å². The van der Waals surface area contributed by atoms with E-state index in [1.165, 1.54) is 34.0 Å². The number of piperidine rings is 1. The lowest BCUT2D eigenvalue weighted by Gasteiger charge is -2.44. The molecule has 7 heteroatoms. The van der Waals surface area contributed by atoms with Crippen molar-refractivity contribution in [2.75, 3.05) is 6.61 Å². The first-order valence-corrected chi connectivity index (χ1v) is 12.8. The first kappa shape index (κ1) is 21.8. The number of aromatic nitrogens is 3. The summed E-state index contributed by atoms with van der Waals surface area (Å²) in [4.78, 5) is 19.9. The van der Waals surface area contributed by atoms with Gasteiger partial charge in [-0.15, -0.1) is 0 Å². The summed E-state index contributed by atoms with van der Waals surface area (Å²) in [6, 6.07) is 19.0. The molecule has 1 amide bonds. The molecule has 0 N–H and O–H groups in total. The summed E-state index contributed by atoms with van der Waals surface area (Å²) < 4.78 is 7.69. The van der Waals surface area contributed by atoms with Crippen molar-refractivity contribution in [3.63, 3.8) is 0 Å². The van der Waals surface area contributed by atoms with Crippen LogP contribution in [0.5, 0.6) is 0 Å². The molecule has 2 unspecified atom stereocenters. The topological polar surface area (TPSA) is 83.5 Å². The molecular weight excluding hydrogens is 462 g/mol. The number of benzene rings is 2. The molecule has 0 radical (unpaired) electrons. The van der Waals surface area contributed by atoms with Crippen LogP contribution in [-0.4, -0.2) is 44.3 Å². The van der Waals surface area contributed by atoms with Gasteiger partial charge < -0.3 is 4.74 Å². The van der Waals surface area contributed by atoms with Gasteiger partial charge in [0, 0.05) is 29.9 Å². The van der Waals surface area contributed by atoms with Crippen LogP contribution < -0.4 is 0 Å². The smallest absolute Gasteiger partial charge is 0.410 e. The Labute approximate surface area is 214 Å². The van der Waals surface area contributed by atoms with Crippen LogP contribution in [0.25, 0.3) is 22.3 Å². The third-order valence-corrected chi connectivity index (χ3v) is 8.03. The quantitative estimate of drug-likeness (QED) is 0.378. The molecule has 7 rings (SSSR count). The Bertz CT molecular complexity index is 1570. The van der Waals surface area contributed by atoms with Gasteiger partial charge in [0.25, 0.3) is 0 Å². The summed E-state index contributed by atoms with van der Waals surface area (Å²) in [6.45, 7) is 0.334. The lowest BCUT2D eigenvalue weighted by atomic mass is 9.83. The number of hydrogen-bond donors (Lipinski definition) is 0. The zero-order chi connectivity index (χ0) is 24.9. The number of nitriles is 1. The molecule has 1 saturated heterocycles. The number of fused-ring (bicyclic) bond motifs is 6. The van der Waals surface area contributed by atoms with Gasteiger partial charge in [0.15, 0.2) is 5.65 Å². The van der Waals surface area contributed by atoms with Crippen molar-refractivity contribution < 1.29 is 9.53 Å². The van der Waals surface area contributed by atoms with Crippen molar-refractivity contribution in [2.24, 2.45) is 0 Å². The fourth-order valence-corrected chi connectivity index (χ4v) is 6.32. The molecule has 2 aromatic heterocycles. The van der Waals surface area contributed by atoms with Gasteiger partial charge in [-0.1, -0.05) is 54.6 Å². The second-order valence-corrected chi connectivity index (χ2v) is 10.0. The number of carbonyl (C=O) groups excluding carboxylic acids is 1. The Morgan fingerprint density at radius 1 is 1.05 bits per heavy atom. The average molecular weight is 488 g/mol. The van der Waals surface area contributed by atoms with Crippen LogP contribution in [0.3, 0.4) is 0 Å². The average Bonchev–Trinajstić information content (AvgIpc) is 3.49. The van der Waals surface area contributed by atoms with E-state index in [2.05, 4.69) is 70.8 Å².